The van der Waals surface area contributed by atoms with Crippen molar-refractivity contribution in [2.75, 3.05) is 26.7 Å². The first-order valence-corrected chi connectivity index (χ1v) is 9.03. The third-order valence-electron chi connectivity index (χ3n) is 4.92. The third kappa shape index (κ3) is 4.55. The number of rotatable bonds is 5. The number of hydrogen-bond donors (Lipinski definition) is 1. The molecule has 1 N–H and O–H groups in total. The Kier molecular flexibility index (Phi) is 6.29. The third-order valence-corrected chi connectivity index (χ3v) is 5.16. The summed E-state index contributed by atoms with van der Waals surface area (Å²) in [6, 6.07) is 7.12. The van der Waals surface area contributed by atoms with Crippen LogP contribution < -0.4 is 0 Å². The minimum absolute atomic E-state index is 0.0742. The summed E-state index contributed by atoms with van der Waals surface area (Å²) >= 11 is 6.03. The Balaban J connectivity index is 2.04. The predicted molar refractivity (Wildman–Crippen MR) is 99.1 cm³/mol. The molecule has 1 aromatic rings. The molecule has 2 rings (SSSR count). The van der Waals surface area contributed by atoms with Crippen molar-refractivity contribution in [3.8, 4) is 0 Å². The maximum absolute atomic E-state index is 12.9. The van der Waals surface area contributed by atoms with E-state index in [9.17, 15) is 14.4 Å². The van der Waals surface area contributed by atoms with Crippen molar-refractivity contribution in [3.63, 3.8) is 0 Å². The van der Waals surface area contributed by atoms with Crippen LogP contribution in [0.15, 0.2) is 24.3 Å². The summed E-state index contributed by atoms with van der Waals surface area (Å²) in [6.45, 7) is 4.25. The number of likely N-dealkylation sites (N-methyl/N-ethyl adjacent to an activating group) is 1. The number of hydrogen-bond acceptors (Lipinski definition) is 3. The van der Waals surface area contributed by atoms with Gasteiger partial charge in [-0.3, -0.25) is 14.4 Å². The fraction of sp³-hybridized carbons (Fsp3) is 0.526. The van der Waals surface area contributed by atoms with Crippen molar-refractivity contribution in [1.29, 1.82) is 0 Å². The molecule has 0 radical (unpaired) electrons. The molecule has 1 aromatic carbocycles. The van der Waals surface area contributed by atoms with Crippen LogP contribution in [0.3, 0.4) is 0 Å². The highest BCUT2D eigenvalue weighted by molar-refractivity contribution is 6.30. The van der Waals surface area contributed by atoms with Gasteiger partial charge in [-0.15, -0.1) is 0 Å². The number of amides is 2. The van der Waals surface area contributed by atoms with Crippen LogP contribution >= 0.6 is 11.6 Å². The number of carboxylic acid groups (broad SMARTS) is 1. The minimum atomic E-state index is -0.881. The Morgan fingerprint density at radius 3 is 2.65 bits per heavy atom. The van der Waals surface area contributed by atoms with Gasteiger partial charge in [0.2, 0.25) is 11.8 Å². The Morgan fingerprint density at radius 1 is 1.35 bits per heavy atom. The Bertz CT molecular complexity index is 705. The average Bonchev–Trinajstić information content (AvgIpc) is 2.60. The number of aliphatic carboxylic acids is 1. The van der Waals surface area contributed by atoms with Crippen LogP contribution in [0.5, 0.6) is 0 Å². The predicted octanol–water partition coefficient (Wildman–Crippen LogP) is 2.40. The molecule has 1 aliphatic rings. The van der Waals surface area contributed by atoms with Gasteiger partial charge in [0, 0.05) is 25.2 Å². The molecule has 6 nitrogen and oxygen atoms in total. The van der Waals surface area contributed by atoms with Gasteiger partial charge in [-0.05, 0) is 44.4 Å². The van der Waals surface area contributed by atoms with Crippen molar-refractivity contribution < 1.29 is 19.5 Å². The lowest BCUT2D eigenvalue weighted by atomic mass is 9.83. The summed E-state index contributed by atoms with van der Waals surface area (Å²) in [7, 11) is 1.59. The molecule has 26 heavy (non-hydrogen) atoms. The molecule has 1 atom stereocenters. The lowest BCUT2D eigenvalue weighted by Crippen LogP contribution is -2.49. The van der Waals surface area contributed by atoms with E-state index in [0.717, 1.165) is 5.56 Å². The van der Waals surface area contributed by atoms with Crippen LogP contribution in [0.4, 0.5) is 0 Å². The molecule has 7 heteroatoms. The first-order chi connectivity index (χ1) is 12.1. The molecule has 0 aliphatic carbocycles. The number of piperidine rings is 1. The second-order valence-corrected chi connectivity index (χ2v) is 7.75. The highest BCUT2D eigenvalue weighted by Crippen LogP contribution is 2.27. The molecule has 1 fully saturated rings. The van der Waals surface area contributed by atoms with E-state index in [1.54, 1.807) is 44.0 Å². The molecular formula is C19H25ClN2O4. The van der Waals surface area contributed by atoms with E-state index in [2.05, 4.69) is 0 Å². The smallest absolute Gasteiger partial charge is 0.308 e. The highest BCUT2D eigenvalue weighted by Gasteiger charge is 2.34. The van der Waals surface area contributed by atoms with E-state index in [1.807, 2.05) is 6.07 Å². The van der Waals surface area contributed by atoms with E-state index in [4.69, 9.17) is 16.7 Å². The van der Waals surface area contributed by atoms with Gasteiger partial charge in [0.05, 0.1) is 17.9 Å². The molecule has 142 valence electrons. The molecule has 0 spiro atoms. The van der Waals surface area contributed by atoms with Gasteiger partial charge in [0.15, 0.2) is 0 Å². The maximum atomic E-state index is 12.9. The van der Waals surface area contributed by atoms with E-state index in [0.29, 0.717) is 24.4 Å². The molecule has 0 bridgehead atoms. The number of carboxylic acids is 1. The fourth-order valence-electron chi connectivity index (χ4n) is 3.26. The fourth-order valence-corrected chi connectivity index (χ4v) is 3.45. The zero-order valence-corrected chi connectivity index (χ0v) is 16.1. The van der Waals surface area contributed by atoms with Gasteiger partial charge >= 0.3 is 5.97 Å². The van der Waals surface area contributed by atoms with Crippen molar-refractivity contribution in [1.82, 2.24) is 9.80 Å². The molecule has 1 unspecified atom stereocenters. The molecule has 2 amide bonds. The summed E-state index contributed by atoms with van der Waals surface area (Å²) in [6.07, 6.45) is 1.24. The summed E-state index contributed by atoms with van der Waals surface area (Å²) in [5.74, 6) is -1.83. The van der Waals surface area contributed by atoms with Gasteiger partial charge in [-0.1, -0.05) is 23.7 Å². The number of carbonyl (C=O) groups excluding carboxylic acids is 2. The monoisotopic (exact) mass is 380 g/mol. The molecule has 0 saturated carbocycles. The van der Waals surface area contributed by atoms with Crippen LogP contribution in [0, 0.1) is 5.92 Å². The lowest BCUT2D eigenvalue weighted by molar-refractivity contribution is -0.148. The quantitative estimate of drug-likeness (QED) is 0.850. The van der Waals surface area contributed by atoms with Gasteiger partial charge in [0.1, 0.15) is 0 Å². The van der Waals surface area contributed by atoms with Crippen molar-refractivity contribution >= 4 is 29.4 Å². The van der Waals surface area contributed by atoms with Gasteiger partial charge in [-0.2, -0.15) is 0 Å². The summed E-state index contributed by atoms with van der Waals surface area (Å²) in [4.78, 5) is 39.5. The topological polar surface area (TPSA) is 77.9 Å². The van der Waals surface area contributed by atoms with Gasteiger partial charge in [-0.25, -0.2) is 0 Å². The first-order valence-electron chi connectivity index (χ1n) is 8.65. The molecule has 0 aromatic heterocycles. The van der Waals surface area contributed by atoms with E-state index >= 15 is 0 Å². The van der Waals surface area contributed by atoms with Crippen LogP contribution in [0.25, 0.3) is 0 Å². The van der Waals surface area contributed by atoms with E-state index in [1.165, 1.54) is 4.90 Å². The lowest BCUT2D eigenvalue weighted by Gasteiger charge is -2.34. The molecule has 1 heterocycles. The standard InChI is InChI=1S/C19H25ClN2O4/c1-19(2,14-7-4-8-15(20)10-14)18(26)21(3)12-16(23)22-9-5-6-13(11-22)17(24)25/h4,7-8,10,13H,5-6,9,11-12H2,1-3H3,(H,24,25). The van der Waals surface area contributed by atoms with Crippen molar-refractivity contribution in [2.24, 2.45) is 5.92 Å². The number of benzene rings is 1. The van der Waals surface area contributed by atoms with E-state index < -0.39 is 17.3 Å². The number of halogens is 1. The maximum Gasteiger partial charge on any atom is 0.308 e. The minimum Gasteiger partial charge on any atom is -0.481 e. The summed E-state index contributed by atoms with van der Waals surface area (Å²) in [5.41, 5.74) is -0.0518. The normalized spacial score (nSPS) is 17.7. The van der Waals surface area contributed by atoms with Gasteiger partial charge < -0.3 is 14.9 Å². The van der Waals surface area contributed by atoms with Crippen molar-refractivity contribution in [2.45, 2.75) is 32.1 Å². The molecular weight excluding hydrogens is 356 g/mol. The highest BCUT2D eigenvalue weighted by atomic mass is 35.5. The van der Waals surface area contributed by atoms with Gasteiger partial charge in [0.25, 0.3) is 0 Å². The summed E-state index contributed by atoms with van der Waals surface area (Å²) < 4.78 is 0. The number of nitrogens with zero attached hydrogens (tertiary/aromatic N) is 2. The van der Waals surface area contributed by atoms with Crippen LogP contribution in [-0.4, -0.2) is 59.4 Å². The van der Waals surface area contributed by atoms with E-state index in [-0.39, 0.29) is 24.9 Å². The number of likely N-dealkylation sites (tertiary alicyclic amines) is 1. The Labute approximate surface area is 158 Å². The van der Waals surface area contributed by atoms with Crippen molar-refractivity contribution in [3.05, 3.63) is 34.9 Å². The Hall–Kier alpha value is -2.08. The average molecular weight is 381 g/mol. The molecule has 1 aliphatic heterocycles. The Morgan fingerprint density at radius 2 is 2.04 bits per heavy atom. The number of carbonyl (C=O) groups is 3. The largest absolute Gasteiger partial charge is 0.481 e. The zero-order chi connectivity index (χ0) is 19.5. The van der Waals surface area contributed by atoms with Crippen LogP contribution in [-0.2, 0) is 19.8 Å². The van der Waals surface area contributed by atoms with Crippen LogP contribution in [0.1, 0.15) is 32.3 Å². The zero-order valence-electron chi connectivity index (χ0n) is 15.4. The summed E-state index contributed by atoms with van der Waals surface area (Å²) in [5, 5.41) is 9.70. The van der Waals surface area contributed by atoms with Crippen LogP contribution in [0.2, 0.25) is 5.02 Å². The second kappa shape index (κ2) is 8.08. The molecule has 1 saturated heterocycles. The first kappa shape index (κ1) is 20.2. The SMILES string of the molecule is CN(CC(=O)N1CCCC(C(=O)O)C1)C(=O)C(C)(C)c1cccc(Cl)c1. The second-order valence-electron chi connectivity index (χ2n) is 7.31.